The van der Waals surface area contributed by atoms with Crippen LogP contribution in [0.2, 0.25) is 0 Å². The quantitative estimate of drug-likeness (QED) is 0.836. The van der Waals surface area contributed by atoms with E-state index in [1.165, 1.54) is 5.56 Å². The molecule has 6 heteroatoms. The van der Waals surface area contributed by atoms with Gasteiger partial charge in [0.15, 0.2) is 0 Å². The molecule has 0 spiro atoms. The number of nitrogens with zero attached hydrogens (tertiary/aromatic N) is 1. The van der Waals surface area contributed by atoms with E-state index in [0.717, 1.165) is 26.1 Å². The Kier molecular flexibility index (Phi) is 5.96. The van der Waals surface area contributed by atoms with Crippen molar-refractivity contribution in [3.63, 3.8) is 0 Å². The molecule has 0 bridgehead atoms. The maximum atomic E-state index is 12.4. The van der Waals surface area contributed by atoms with Gasteiger partial charge in [-0.15, -0.1) is 0 Å². The van der Waals surface area contributed by atoms with Crippen molar-refractivity contribution < 1.29 is 14.3 Å². The molecule has 1 fully saturated rings. The molecule has 2 aromatic rings. The molecule has 2 N–H and O–H groups in total. The zero-order valence-corrected chi connectivity index (χ0v) is 15.2. The minimum atomic E-state index is -0.233. The standard InChI is InChI=1S/C20H25N3O3/c1-25-17-8-9-19(26-2)18(12-17)22-20(24)21-16-10-11-23(14-16)13-15-6-4-3-5-7-15/h3-9,12,16H,10-11,13-14H2,1-2H3,(H2,21,22,24). The molecule has 1 unspecified atom stereocenters. The predicted molar refractivity (Wildman–Crippen MR) is 102 cm³/mol. The molecule has 1 atom stereocenters. The molecule has 0 aromatic heterocycles. The first-order chi connectivity index (χ1) is 12.7. The van der Waals surface area contributed by atoms with E-state index in [1.54, 1.807) is 32.4 Å². The lowest BCUT2D eigenvalue weighted by molar-refractivity contribution is 0.247. The summed E-state index contributed by atoms with van der Waals surface area (Å²) in [6.45, 7) is 2.73. The molecule has 0 saturated carbocycles. The van der Waals surface area contributed by atoms with Crippen LogP contribution in [-0.4, -0.2) is 44.3 Å². The van der Waals surface area contributed by atoms with Crippen LogP contribution < -0.4 is 20.1 Å². The molecule has 3 rings (SSSR count). The summed E-state index contributed by atoms with van der Waals surface area (Å²) in [5.74, 6) is 1.26. The van der Waals surface area contributed by atoms with Gasteiger partial charge in [0.1, 0.15) is 11.5 Å². The van der Waals surface area contributed by atoms with Gasteiger partial charge in [-0.25, -0.2) is 4.79 Å². The summed E-state index contributed by atoms with van der Waals surface area (Å²) in [6, 6.07) is 15.6. The first kappa shape index (κ1) is 18.1. The van der Waals surface area contributed by atoms with Gasteiger partial charge in [0.25, 0.3) is 0 Å². The molecule has 0 radical (unpaired) electrons. The smallest absolute Gasteiger partial charge is 0.319 e. The number of carbonyl (C=O) groups is 1. The van der Waals surface area contributed by atoms with Gasteiger partial charge in [-0.1, -0.05) is 30.3 Å². The number of anilines is 1. The van der Waals surface area contributed by atoms with Gasteiger partial charge in [0, 0.05) is 31.7 Å². The second kappa shape index (κ2) is 8.58. The van der Waals surface area contributed by atoms with E-state index in [9.17, 15) is 4.79 Å². The Morgan fingerprint density at radius 1 is 1.15 bits per heavy atom. The van der Waals surface area contributed by atoms with Crippen molar-refractivity contribution in [2.45, 2.75) is 19.0 Å². The fraction of sp³-hybridized carbons (Fsp3) is 0.350. The molecule has 1 saturated heterocycles. The number of hydrogen-bond donors (Lipinski definition) is 2. The summed E-state index contributed by atoms with van der Waals surface area (Å²) in [6.07, 6.45) is 0.940. The van der Waals surface area contributed by atoms with Crippen LogP contribution in [0.25, 0.3) is 0 Å². The molecule has 1 aliphatic heterocycles. The molecule has 0 aliphatic carbocycles. The first-order valence-corrected chi connectivity index (χ1v) is 8.73. The van der Waals surface area contributed by atoms with Gasteiger partial charge in [0.05, 0.1) is 19.9 Å². The summed E-state index contributed by atoms with van der Waals surface area (Å²) in [5.41, 5.74) is 1.88. The lowest BCUT2D eigenvalue weighted by Gasteiger charge is -2.18. The monoisotopic (exact) mass is 355 g/mol. The molecule has 2 amide bonds. The van der Waals surface area contributed by atoms with Crippen LogP contribution in [0.1, 0.15) is 12.0 Å². The van der Waals surface area contributed by atoms with Gasteiger partial charge in [0.2, 0.25) is 0 Å². The van der Waals surface area contributed by atoms with Crippen LogP contribution in [0, 0.1) is 0 Å². The Balaban J connectivity index is 1.53. The van der Waals surface area contributed by atoms with Gasteiger partial charge in [-0.05, 0) is 24.1 Å². The van der Waals surface area contributed by atoms with Crippen molar-refractivity contribution in [2.24, 2.45) is 0 Å². The van der Waals surface area contributed by atoms with Crippen molar-refractivity contribution in [3.05, 3.63) is 54.1 Å². The number of rotatable bonds is 6. The van der Waals surface area contributed by atoms with Crippen molar-refractivity contribution in [3.8, 4) is 11.5 Å². The number of amides is 2. The molecular formula is C20H25N3O3. The number of likely N-dealkylation sites (tertiary alicyclic amines) is 1. The highest BCUT2D eigenvalue weighted by atomic mass is 16.5. The van der Waals surface area contributed by atoms with Crippen LogP contribution in [0.4, 0.5) is 10.5 Å². The van der Waals surface area contributed by atoms with Gasteiger partial charge < -0.3 is 20.1 Å². The Morgan fingerprint density at radius 3 is 2.69 bits per heavy atom. The SMILES string of the molecule is COc1ccc(OC)c(NC(=O)NC2CCN(Cc3ccccc3)C2)c1. The number of hydrogen-bond acceptors (Lipinski definition) is 4. The fourth-order valence-electron chi connectivity index (χ4n) is 3.19. The van der Waals surface area contributed by atoms with Crippen LogP contribution in [0.3, 0.4) is 0 Å². The Morgan fingerprint density at radius 2 is 1.96 bits per heavy atom. The van der Waals surface area contributed by atoms with E-state index in [0.29, 0.717) is 17.2 Å². The molecule has 1 aliphatic rings. The fourth-order valence-corrected chi connectivity index (χ4v) is 3.19. The van der Waals surface area contributed by atoms with Gasteiger partial charge >= 0.3 is 6.03 Å². The van der Waals surface area contributed by atoms with Crippen molar-refractivity contribution >= 4 is 11.7 Å². The maximum Gasteiger partial charge on any atom is 0.319 e. The summed E-state index contributed by atoms with van der Waals surface area (Å²) in [4.78, 5) is 14.7. The molecule has 1 heterocycles. The molecule has 2 aromatic carbocycles. The van der Waals surface area contributed by atoms with Crippen LogP contribution in [-0.2, 0) is 6.54 Å². The number of carbonyl (C=O) groups excluding carboxylic acids is 1. The Labute approximate surface area is 154 Å². The van der Waals surface area contributed by atoms with E-state index >= 15 is 0 Å². The van der Waals surface area contributed by atoms with Crippen LogP contribution >= 0.6 is 0 Å². The third kappa shape index (κ3) is 4.67. The second-order valence-electron chi connectivity index (χ2n) is 6.37. The highest BCUT2D eigenvalue weighted by molar-refractivity contribution is 5.91. The number of ether oxygens (including phenoxy) is 2. The predicted octanol–water partition coefficient (Wildman–Crippen LogP) is 3.10. The minimum Gasteiger partial charge on any atom is -0.497 e. The third-order valence-electron chi connectivity index (χ3n) is 4.51. The van der Waals surface area contributed by atoms with E-state index in [4.69, 9.17) is 9.47 Å². The lowest BCUT2D eigenvalue weighted by atomic mass is 10.2. The molecular weight excluding hydrogens is 330 g/mol. The highest BCUT2D eigenvalue weighted by Crippen LogP contribution is 2.28. The number of urea groups is 1. The largest absolute Gasteiger partial charge is 0.497 e. The summed E-state index contributed by atoms with van der Waals surface area (Å²) in [5, 5.41) is 5.90. The molecule has 6 nitrogen and oxygen atoms in total. The second-order valence-corrected chi connectivity index (χ2v) is 6.37. The first-order valence-electron chi connectivity index (χ1n) is 8.73. The zero-order valence-electron chi connectivity index (χ0n) is 15.2. The average molecular weight is 355 g/mol. The molecule has 26 heavy (non-hydrogen) atoms. The topological polar surface area (TPSA) is 62.8 Å². The van der Waals surface area contributed by atoms with E-state index in [1.807, 2.05) is 6.07 Å². The van der Waals surface area contributed by atoms with E-state index in [2.05, 4.69) is 39.8 Å². The van der Waals surface area contributed by atoms with Crippen LogP contribution in [0.15, 0.2) is 48.5 Å². The van der Waals surface area contributed by atoms with Gasteiger partial charge in [-0.3, -0.25) is 4.90 Å². The number of nitrogens with one attached hydrogen (secondary N) is 2. The van der Waals surface area contributed by atoms with Crippen LogP contribution in [0.5, 0.6) is 11.5 Å². The van der Waals surface area contributed by atoms with E-state index < -0.39 is 0 Å². The maximum absolute atomic E-state index is 12.4. The summed E-state index contributed by atoms with van der Waals surface area (Å²) < 4.78 is 10.5. The van der Waals surface area contributed by atoms with E-state index in [-0.39, 0.29) is 12.1 Å². The highest BCUT2D eigenvalue weighted by Gasteiger charge is 2.24. The third-order valence-corrected chi connectivity index (χ3v) is 4.51. The van der Waals surface area contributed by atoms with Crippen molar-refractivity contribution in [2.75, 3.05) is 32.6 Å². The normalized spacial score (nSPS) is 16.9. The lowest BCUT2D eigenvalue weighted by Crippen LogP contribution is -2.39. The number of methoxy groups -OCH3 is 2. The average Bonchev–Trinajstić information content (AvgIpc) is 3.09. The molecule has 138 valence electrons. The zero-order chi connectivity index (χ0) is 18.4. The summed E-state index contributed by atoms with van der Waals surface area (Å²) >= 11 is 0. The van der Waals surface area contributed by atoms with Crippen molar-refractivity contribution in [1.29, 1.82) is 0 Å². The van der Waals surface area contributed by atoms with Gasteiger partial charge in [-0.2, -0.15) is 0 Å². The Bertz CT molecular complexity index is 736. The summed E-state index contributed by atoms with van der Waals surface area (Å²) in [7, 11) is 3.16. The Hall–Kier alpha value is -2.73. The number of benzene rings is 2. The minimum absolute atomic E-state index is 0.135. The van der Waals surface area contributed by atoms with Crippen molar-refractivity contribution in [1.82, 2.24) is 10.2 Å².